The third kappa shape index (κ3) is 2.44. The molecule has 1 N–H and O–H groups in total. The largest absolute Gasteiger partial charge is 0.385 e. The first kappa shape index (κ1) is 12.9. The van der Waals surface area contributed by atoms with Crippen LogP contribution in [0, 0.1) is 0 Å². The Kier molecular flexibility index (Phi) is 3.28. The fraction of sp³-hybridized carbons (Fsp3) is 0.333. The van der Waals surface area contributed by atoms with Gasteiger partial charge in [-0.15, -0.1) is 0 Å². The molecule has 5 nitrogen and oxygen atoms in total. The minimum absolute atomic E-state index is 0.219. The van der Waals surface area contributed by atoms with E-state index in [0.29, 0.717) is 37.2 Å². The lowest BCUT2D eigenvalue weighted by atomic mass is 9.80. The van der Waals surface area contributed by atoms with Crippen LogP contribution in [0.4, 0.5) is 0 Å². The van der Waals surface area contributed by atoms with Crippen molar-refractivity contribution in [2.45, 2.75) is 31.3 Å². The number of aliphatic hydroxyl groups is 1. The number of rotatable bonds is 2. The van der Waals surface area contributed by atoms with Crippen molar-refractivity contribution >= 4 is 5.78 Å². The van der Waals surface area contributed by atoms with Crippen LogP contribution < -0.4 is 0 Å². The second-order valence-corrected chi connectivity index (χ2v) is 5.07. The average molecular weight is 269 g/mol. The van der Waals surface area contributed by atoms with Gasteiger partial charge in [-0.3, -0.25) is 9.78 Å². The molecule has 0 atom stereocenters. The molecule has 0 bridgehead atoms. The zero-order valence-corrected chi connectivity index (χ0v) is 11.0. The monoisotopic (exact) mass is 269 g/mol. The molecule has 0 unspecified atom stereocenters. The molecule has 0 saturated heterocycles. The van der Waals surface area contributed by atoms with Crippen molar-refractivity contribution in [2.24, 2.45) is 0 Å². The molecule has 1 saturated carbocycles. The third-order valence-electron chi connectivity index (χ3n) is 3.73. The smallest absolute Gasteiger partial charge is 0.178 e. The van der Waals surface area contributed by atoms with E-state index in [2.05, 4.69) is 15.0 Å². The molecule has 5 heteroatoms. The van der Waals surface area contributed by atoms with E-state index in [0.717, 1.165) is 5.56 Å². The van der Waals surface area contributed by atoms with Gasteiger partial charge in [0.2, 0.25) is 0 Å². The van der Waals surface area contributed by atoms with Gasteiger partial charge in [0.25, 0.3) is 0 Å². The van der Waals surface area contributed by atoms with Gasteiger partial charge in [-0.1, -0.05) is 6.07 Å². The lowest BCUT2D eigenvalue weighted by Crippen LogP contribution is -2.31. The Hall–Kier alpha value is -2.14. The summed E-state index contributed by atoms with van der Waals surface area (Å²) >= 11 is 0. The molecule has 1 aliphatic carbocycles. The lowest BCUT2D eigenvalue weighted by molar-refractivity contribution is -0.125. The maximum Gasteiger partial charge on any atom is 0.178 e. The number of pyridine rings is 1. The normalized spacial score (nSPS) is 17.9. The number of hydrogen-bond donors (Lipinski definition) is 1. The van der Waals surface area contributed by atoms with Gasteiger partial charge in [-0.2, -0.15) is 0 Å². The summed E-state index contributed by atoms with van der Waals surface area (Å²) in [6.45, 7) is 0. The summed E-state index contributed by atoms with van der Waals surface area (Å²) in [5.41, 5.74) is 0.492. The molecular formula is C15H15N3O2. The van der Waals surface area contributed by atoms with Crippen LogP contribution in [0.5, 0.6) is 0 Å². The zero-order valence-electron chi connectivity index (χ0n) is 11.0. The van der Waals surface area contributed by atoms with E-state index < -0.39 is 5.60 Å². The highest BCUT2D eigenvalue weighted by atomic mass is 16.3. The van der Waals surface area contributed by atoms with E-state index in [4.69, 9.17) is 0 Å². The first-order chi connectivity index (χ1) is 9.67. The van der Waals surface area contributed by atoms with Gasteiger partial charge in [0.15, 0.2) is 5.82 Å². The molecule has 2 heterocycles. The van der Waals surface area contributed by atoms with E-state index in [-0.39, 0.29) is 5.78 Å². The second kappa shape index (κ2) is 5.09. The summed E-state index contributed by atoms with van der Waals surface area (Å²) in [7, 11) is 0. The molecule has 0 radical (unpaired) electrons. The predicted molar refractivity (Wildman–Crippen MR) is 72.6 cm³/mol. The number of nitrogens with zero attached hydrogens (tertiary/aromatic N) is 3. The van der Waals surface area contributed by atoms with Crippen molar-refractivity contribution in [3.8, 4) is 11.5 Å². The van der Waals surface area contributed by atoms with E-state index in [1.54, 1.807) is 30.7 Å². The van der Waals surface area contributed by atoms with Crippen LogP contribution in [-0.2, 0) is 10.4 Å². The predicted octanol–water partition coefficient (Wildman–Crippen LogP) is 1.87. The molecular weight excluding hydrogens is 254 g/mol. The van der Waals surface area contributed by atoms with Crippen molar-refractivity contribution in [3.63, 3.8) is 0 Å². The van der Waals surface area contributed by atoms with Gasteiger partial charge in [0, 0.05) is 37.0 Å². The number of aromatic nitrogens is 3. The summed E-state index contributed by atoms with van der Waals surface area (Å²) in [5, 5.41) is 10.6. The van der Waals surface area contributed by atoms with Crippen LogP contribution >= 0.6 is 0 Å². The molecule has 0 aliphatic heterocycles. The van der Waals surface area contributed by atoms with Crippen LogP contribution in [0.25, 0.3) is 11.5 Å². The van der Waals surface area contributed by atoms with Gasteiger partial charge >= 0.3 is 0 Å². The molecule has 0 spiro atoms. The molecule has 3 rings (SSSR count). The van der Waals surface area contributed by atoms with Gasteiger partial charge in [0.1, 0.15) is 11.5 Å². The quantitative estimate of drug-likeness (QED) is 0.900. The Morgan fingerprint density at radius 3 is 2.35 bits per heavy atom. The Morgan fingerprint density at radius 2 is 1.75 bits per heavy atom. The minimum atomic E-state index is -0.934. The van der Waals surface area contributed by atoms with E-state index in [1.165, 1.54) is 0 Å². The number of carbonyl (C=O) groups excluding carboxylic acids is 1. The Bertz CT molecular complexity index is 601. The van der Waals surface area contributed by atoms with Crippen LogP contribution in [0.1, 0.15) is 31.2 Å². The first-order valence-electron chi connectivity index (χ1n) is 6.65. The highest BCUT2D eigenvalue weighted by Crippen LogP contribution is 2.35. The van der Waals surface area contributed by atoms with Crippen LogP contribution in [0.3, 0.4) is 0 Å². The van der Waals surface area contributed by atoms with Crippen LogP contribution in [0.2, 0.25) is 0 Å². The number of carbonyl (C=O) groups is 1. The minimum Gasteiger partial charge on any atom is -0.385 e. The summed E-state index contributed by atoms with van der Waals surface area (Å²) in [6, 6.07) is 5.40. The number of hydrogen-bond acceptors (Lipinski definition) is 5. The number of Topliss-reactive ketones (excluding diaryl/α,β-unsaturated/α-hetero) is 1. The Morgan fingerprint density at radius 1 is 1.05 bits per heavy atom. The van der Waals surface area contributed by atoms with Crippen molar-refractivity contribution in [2.75, 3.05) is 0 Å². The van der Waals surface area contributed by atoms with Gasteiger partial charge in [0.05, 0.1) is 5.60 Å². The van der Waals surface area contributed by atoms with Crippen molar-refractivity contribution < 1.29 is 9.90 Å². The van der Waals surface area contributed by atoms with Gasteiger partial charge in [-0.25, -0.2) is 9.97 Å². The molecule has 20 heavy (non-hydrogen) atoms. The SMILES string of the molecule is O=C1CCC(O)(c2ccc(-c3ncccn3)nc2)CC1. The molecule has 1 fully saturated rings. The summed E-state index contributed by atoms with van der Waals surface area (Å²) in [5.74, 6) is 0.779. The van der Waals surface area contributed by atoms with Gasteiger partial charge < -0.3 is 5.11 Å². The fourth-order valence-electron chi connectivity index (χ4n) is 2.46. The second-order valence-electron chi connectivity index (χ2n) is 5.07. The Labute approximate surface area is 116 Å². The lowest BCUT2D eigenvalue weighted by Gasteiger charge is -2.31. The highest BCUT2D eigenvalue weighted by molar-refractivity contribution is 5.79. The Balaban J connectivity index is 1.85. The summed E-state index contributed by atoms with van der Waals surface area (Å²) in [4.78, 5) is 23.9. The number of ketones is 1. The van der Waals surface area contributed by atoms with E-state index >= 15 is 0 Å². The van der Waals surface area contributed by atoms with Crippen LogP contribution in [0.15, 0.2) is 36.8 Å². The van der Waals surface area contributed by atoms with Crippen LogP contribution in [-0.4, -0.2) is 25.8 Å². The third-order valence-corrected chi connectivity index (χ3v) is 3.73. The van der Waals surface area contributed by atoms with Gasteiger partial charge in [-0.05, 0) is 25.0 Å². The maximum absolute atomic E-state index is 11.3. The average Bonchev–Trinajstić information content (AvgIpc) is 2.52. The summed E-state index contributed by atoms with van der Waals surface area (Å²) in [6.07, 6.45) is 6.78. The molecule has 102 valence electrons. The standard InChI is InChI=1S/C15H15N3O2/c19-12-4-6-15(20,7-5-12)11-2-3-13(18-10-11)14-16-8-1-9-17-14/h1-3,8-10,20H,4-7H2. The maximum atomic E-state index is 11.3. The van der Waals surface area contributed by atoms with E-state index in [9.17, 15) is 9.90 Å². The van der Waals surface area contributed by atoms with E-state index in [1.807, 2.05) is 6.07 Å². The first-order valence-corrected chi connectivity index (χ1v) is 6.65. The molecule has 2 aromatic rings. The van der Waals surface area contributed by atoms with Crippen molar-refractivity contribution in [1.82, 2.24) is 15.0 Å². The summed E-state index contributed by atoms with van der Waals surface area (Å²) < 4.78 is 0. The molecule has 0 amide bonds. The van der Waals surface area contributed by atoms with Crippen molar-refractivity contribution in [1.29, 1.82) is 0 Å². The molecule has 0 aromatic carbocycles. The fourth-order valence-corrected chi connectivity index (χ4v) is 2.46. The molecule has 2 aromatic heterocycles. The zero-order chi connectivity index (χ0) is 14.0. The topological polar surface area (TPSA) is 76.0 Å². The van der Waals surface area contributed by atoms with Crippen molar-refractivity contribution in [3.05, 3.63) is 42.4 Å². The molecule has 1 aliphatic rings. The highest BCUT2D eigenvalue weighted by Gasteiger charge is 2.34.